The van der Waals surface area contributed by atoms with Crippen molar-refractivity contribution in [2.24, 2.45) is 0 Å². The highest BCUT2D eigenvalue weighted by Gasteiger charge is 2.14. The van der Waals surface area contributed by atoms with Crippen molar-refractivity contribution in [3.8, 4) is 28.6 Å². The lowest BCUT2D eigenvalue weighted by Crippen LogP contribution is -2.18. The van der Waals surface area contributed by atoms with Crippen LogP contribution in [0.3, 0.4) is 0 Å². The second-order valence-electron chi connectivity index (χ2n) is 7.42. The fourth-order valence-corrected chi connectivity index (χ4v) is 3.62. The van der Waals surface area contributed by atoms with Gasteiger partial charge in [0, 0.05) is 17.7 Å². The molecule has 0 saturated carbocycles. The van der Waals surface area contributed by atoms with Crippen LogP contribution in [-0.4, -0.2) is 34.2 Å². The molecule has 0 atom stereocenters. The van der Waals surface area contributed by atoms with E-state index in [-0.39, 0.29) is 6.10 Å². The molecule has 4 rings (SSSR count). The van der Waals surface area contributed by atoms with Crippen molar-refractivity contribution >= 4 is 11.6 Å². The molecule has 2 heterocycles. The van der Waals surface area contributed by atoms with Gasteiger partial charge in [0.15, 0.2) is 0 Å². The summed E-state index contributed by atoms with van der Waals surface area (Å²) < 4.78 is 11.1. The normalized spacial score (nSPS) is 14.7. The first-order valence-electron chi connectivity index (χ1n) is 9.70. The molecule has 3 aromatic rings. The SMILES string of the molecule is CC(C)Oc1ccc(-c2noc(-c3ccc(CN4CCCC4)cc3)n2)cc1Cl. The van der Waals surface area contributed by atoms with Gasteiger partial charge in [-0.2, -0.15) is 4.98 Å². The first-order valence-corrected chi connectivity index (χ1v) is 10.1. The Labute approximate surface area is 170 Å². The van der Waals surface area contributed by atoms with Crippen LogP contribution >= 0.6 is 11.6 Å². The maximum atomic E-state index is 6.32. The van der Waals surface area contributed by atoms with Crippen LogP contribution in [0, 0.1) is 0 Å². The molecule has 5 nitrogen and oxygen atoms in total. The van der Waals surface area contributed by atoms with Crippen molar-refractivity contribution in [3.05, 3.63) is 53.1 Å². The first kappa shape index (κ1) is 19.0. The van der Waals surface area contributed by atoms with Crippen LogP contribution in [0.2, 0.25) is 5.02 Å². The van der Waals surface area contributed by atoms with Crippen LogP contribution in [0.15, 0.2) is 47.0 Å². The Hall–Kier alpha value is -2.37. The van der Waals surface area contributed by atoms with Gasteiger partial charge in [0.1, 0.15) is 5.75 Å². The molecule has 1 saturated heterocycles. The lowest BCUT2D eigenvalue weighted by atomic mass is 10.1. The van der Waals surface area contributed by atoms with Crippen molar-refractivity contribution in [1.29, 1.82) is 0 Å². The van der Waals surface area contributed by atoms with E-state index >= 15 is 0 Å². The molecule has 0 amide bonds. The zero-order valence-corrected chi connectivity index (χ0v) is 16.9. The summed E-state index contributed by atoms with van der Waals surface area (Å²) in [6, 6.07) is 13.9. The lowest BCUT2D eigenvalue weighted by Gasteiger charge is -2.14. The van der Waals surface area contributed by atoms with Gasteiger partial charge >= 0.3 is 0 Å². The van der Waals surface area contributed by atoms with Gasteiger partial charge in [-0.1, -0.05) is 28.9 Å². The van der Waals surface area contributed by atoms with E-state index in [1.165, 1.54) is 31.5 Å². The molecule has 0 N–H and O–H groups in total. The number of benzene rings is 2. The average Bonchev–Trinajstić information content (AvgIpc) is 3.36. The fraction of sp³-hybridized carbons (Fsp3) is 0.364. The molecule has 1 aromatic heterocycles. The van der Waals surface area contributed by atoms with Gasteiger partial charge in [-0.05, 0) is 75.7 Å². The van der Waals surface area contributed by atoms with Crippen molar-refractivity contribution in [3.63, 3.8) is 0 Å². The minimum absolute atomic E-state index is 0.0635. The maximum absolute atomic E-state index is 6.32. The highest BCUT2D eigenvalue weighted by atomic mass is 35.5. The predicted octanol–water partition coefficient (Wildman–Crippen LogP) is 5.44. The molecule has 1 aliphatic rings. The summed E-state index contributed by atoms with van der Waals surface area (Å²) in [4.78, 5) is 7.01. The smallest absolute Gasteiger partial charge is 0.258 e. The van der Waals surface area contributed by atoms with Gasteiger partial charge in [-0.25, -0.2) is 0 Å². The number of ether oxygens (including phenoxy) is 1. The van der Waals surface area contributed by atoms with Crippen molar-refractivity contribution in [2.75, 3.05) is 13.1 Å². The molecular weight excluding hydrogens is 374 g/mol. The van der Waals surface area contributed by atoms with E-state index in [1.807, 2.05) is 38.1 Å². The van der Waals surface area contributed by atoms with E-state index in [1.54, 1.807) is 6.07 Å². The number of hydrogen-bond donors (Lipinski definition) is 0. The number of halogens is 1. The minimum Gasteiger partial charge on any atom is -0.489 e. The standard InChI is InChI=1S/C22H24ClN3O2/c1-15(2)27-20-10-9-18(13-19(20)23)21-24-22(28-25-21)17-7-5-16(6-8-17)14-26-11-3-4-12-26/h5-10,13,15H,3-4,11-12,14H2,1-2H3. The third kappa shape index (κ3) is 4.37. The van der Waals surface area contributed by atoms with Gasteiger partial charge < -0.3 is 9.26 Å². The molecule has 1 fully saturated rings. The zero-order chi connectivity index (χ0) is 19.5. The monoisotopic (exact) mass is 397 g/mol. The number of hydrogen-bond acceptors (Lipinski definition) is 5. The Morgan fingerprint density at radius 3 is 2.46 bits per heavy atom. The summed E-state index contributed by atoms with van der Waals surface area (Å²) in [5, 5.41) is 4.64. The molecule has 6 heteroatoms. The van der Waals surface area contributed by atoms with E-state index in [2.05, 4.69) is 27.2 Å². The second-order valence-corrected chi connectivity index (χ2v) is 7.82. The van der Waals surface area contributed by atoms with Crippen LogP contribution < -0.4 is 4.74 Å². The molecule has 28 heavy (non-hydrogen) atoms. The maximum Gasteiger partial charge on any atom is 0.258 e. The Balaban J connectivity index is 1.48. The Kier molecular flexibility index (Phi) is 5.64. The summed E-state index contributed by atoms with van der Waals surface area (Å²) >= 11 is 6.32. The van der Waals surface area contributed by atoms with Gasteiger partial charge in [0.05, 0.1) is 11.1 Å². The summed E-state index contributed by atoms with van der Waals surface area (Å²) in [5.74, 6) is 1.66. The van der Waals surface area contributed by atoms with Crippen molar-refractivity contribution in [1.82, 2.24) is 15.0 Å². The molecule has 0 unspecified atom stereocenters. The molecule has 0 aliphatic carbocycles. The lowest BCUT2D eigenvalue weighted by molar-refractivity contribution is 0.242. The van der Waals surface area contributed by atoms with Crippen molar-refractivity contribution < 1.29 is 9.26 Å². The minimum atomic E-state index is 0.0635. The van der Waals surface area contributed by atoms with E-state index in [9.17, 15) is 0 Å². The van der Waals surface area contributed by atoms with Crippen LogP contribution in [0.1, 0.15) is 32.3 Å². The first-order chi connectivity index (χ1) is 13.6. The van der Waals surface area contributed by atoms with Crippen LogP contribution in [-0.2, 0) is 6.54 Å². The zero-order valence-electron chi connectivity index (χ0n) is 16.2. The largest absolute Gasteiger partial charge is 0.489 e. The summed E-state index contributed by atoms with van der Waals surface area (Å²) in [6.07, 6.45) is 2.67. The Morgan fingerprint density at radius 2 is 1.79 bits per heavy atom. The third-order valence-corrected chi connectivity index (χ3v) is 5.08. The van der Waals surface area contributed by atoms with Gasteiger partial charge in [-0.15, -0.1) is 0 Å². The molecule has 0 radical (unpaired) electrons. The Bertz CT molecular complexity index is 931. The second kappa shape index (κ2) is 8.33. The highest BCUT2D eigenvalue weighted by Crippen LogP contribution is 2.31. The summed E-state index contributed by atoms with van der Waals surface area (Å²) in [7, 11) is 0. The molecule has 0 bridgehead atoms. The number of rotatable bonds is 6. The number of likely N-dealkylation sites (tertiary alicyclic amines) is 1. The van der Waals surface area contributed by atoms with Crippen LogP contribution in [0.25, 0.3) is 22.8 Å². The third-order valence-electron chi connectivity index (χ3n) is 4.78. The quantitative estimate of drug-likeness (QED) is 0.554. The van der Waals surface area contributed by atoms with Crippen molar-refractivity contribution in [2.45, 2.75) is 39.3 Å². The highest BCUT2D eigenvalue weighted by molar-refractivity contribution is 6.32. The molecule has 146 valence electrons. The van der Waals surface area contributed by atoms with Gasteiger partial charge in [0.25, 0.3) is 5.89 Å². The van der Waals surface area contributed by atoms with Crippen LogP contribution in [0.4, 0.5) is 0 Å². The van der Waals surface area contributed by atoms with Gasteiger partial charge in [-0.3, -0.25) is 4.90 Å². The molecule has 2 aromatic carbocycles. The van der Waals surface area contributed by atoms with E-state index in [0.717, 1.165) is 17.7 Å². The van der Waals surface area contributed by atoms with E-state index in [4.69, 9.17) is 20.9 Å². The topological polar surface area (TPSA) is 51.4 Å². The van der Waals surface area contributed by atoms with E-state index in [0.29, 0.717) is 22.5 Å². The average molecular weight is 398 g/mol. The number of aromatic nitrogens is 2. The fourth-order valence-electron chi connectivity index (χ4n) is 3.40. The molecule has 1 aliphatic heterocycles. The molecule has 0 spiro atoms. The summed E-state index contributed by atoms with van der Waals surface area (Å²) in [6.45, 7) is 7.31. The Morgan fingerprint density at radius 1 is 1.07 bits per heavy atom. The van der Waals surface area contributed by atoms with E-state index < -0.39 is 0 Å². The summed E-state index contributed by atoms with van der Waals surface area (Å²) in [5.41, 5.74) is 3.01. The van der Waals surface area contributed by atoms with Crippen LogP contribution in [0.5, 0.6) is 5.75 Å². The van der Waals surface area contributed by atoms with Gasteiger partial charge in [0.2, 0.25) is 5.82 Å². The molecular formula is C22H24ClN3O2. The predicted molar refractivity (Wildman–Crippen MR) is 110 cm³/mol. The number of nitrogens with zero attached hydrogens (tertiary/aromatic N) is 3.